The number of ether oxygens (including phenoxy) is 2. The van der Waals surface area contributed by atoms with Gasteiger partial charge < -0.3 is 20.5 Å². The van der Waals surface area contributed by atoms with Gasteiger partial charge in [-0.25, -0.2) is 0 Å². The summed E-state index contributed by atoms with van der Waals surface area (Å²) in [6, 6.07) is 3.02. The van der Waals surface area contributed by atoms with Crippen molar-refractivity contribution >= 4 is 11.4 Å². The number of nitro groups is 1. The number of nitro benzene ring substituents is 1. The quantitative estimate of drug-likeness (QED) is 0.642. The Kier molecular flexibility index (Phi) is 3.13. The van der Waals surface area contributed by atoms with Crippen molar-refractivity contribution in [3.05, 3.63) is 22.2 Å². The summed E-state index contributed by atoms with van der Waals surface area (Å²) in [7, 11) is 0. The van der Waals surface area contributed by atoms with Crippen molar-refractivity contribution in [3.8, 4) is 11.5 Å². The second kappa shape index (κ2) is 4.82. The Morgan fingerprint density at radius 2 is 1.95 bits per heavy atom. The van der Waals surface area contributed by atoms with E-state index in [9.17, 15) is 10.1 Å². The van der Waals surface area contributed by atoms with Crippen LogP contribution in [0.1, 0.15) is 19.3 Å². The van der Waals surface area contributed by atoms with Crippen LogP contribution in [0.4, 0.5) is 11.4 Å². The van der Waals surface area contributed by atoms with Gasteiger partial charge in [0.2, 0.25) is 0 Å². The number of hydrogen-bond donors (Lipinski definition) is 2. The molecule has 1 aliphatic heterocycles. The molecule has 3 N–H and O–H groups in total. The highest BCUT2D eigenvalue weighted by Crippen LogP contribution is 2.40. The molecule has 1 fully saturated rings. The highest BCUT2D eigenvalue weighted by molar-refractivity contribution is 5.68. The van der Waals surface area contributed by atoms with Crippen LogP contribution in [0.15, 0.2) is 12.1 Å². The maximum Gasteiger partial charge on any atom is 0.296 e. The molecule has 7 nitrogen and oxygen atoms in total. The largest absolute Gasteiger partial charge is 0.486 e. The Labute approximate surface area is 116 Å². The van der Waals surface area contributed by atoms with E-state index >= 15 is 0 Å². The van der Waals surface area contributed by atoms with E-state index in [0.29, 0.717) is 36.9 Å². The minimum Gasteiger partial charge on any atom is -0.486 e. The zero-order valence-corrected chi connectivity index (χ0v) is 11.1. The minimum absolute atomic E-state index is 0.0165. The molecular formula is C13H17N3O4. The minimum atomic E-state index is -0.426. The standard InChI is InChI=1S/C13H17N3O4/c14-13(2-1-3-13)8-15-9-6-11-12(20-5-4-19-11)7-10(9)16(17)18/h6-7,15H,1-5,8,14H2. The van der Waals surface area contributed by atoms with Gasteiger partial charge in [0, 0.05) is 18.2 Å². The Morgan fingerprint density at radius 1 is 1.30 bits per heavy atom. The summed E-state index contributed by atoms with van der Waals surface area (Å²) in [6.07, 6.45) is 3.00. The normalized spacial score (nSPS) is 19.1. The molecule has 1 heterocycles. The molecule has 2 aliphatic rings. The second-order valence-electron chi connectivity index (χ2n) is 5.34. The number of hydrogen-bond acceptors (Lipinski definition) is 6. The van der Waals surface area contributed by atoms with Crippen LogP contribution in [0.2, 0.25) is 0 Å². The summed E-state index contributed by atoms with van der Waals surface area (Å²) in [5, 5.41) is 14.2. The predicted molar refractivity (Wildman–Crippen MR) is 73.3 cm³/mol. The van der Waals surface area contributed by atoms with Crippen LogP contribution in [0.3, 0.4) is 0 Å². The van der Waals surface area contributed by atoms with E-state index in [0.717, 1.165) is 19.3 Å². The molecule has 20 heavy (non-hydrogen) atoms. The Bertz CT molecular complexity index is 543. The molecule has 0 amide bonds. The van der Waals surface area contributed by atoms with Crippen LogP contribution in [-0.2, 0) is 0 Å². The maximum atomic E-state index is 11.2. The van der Waals surface area contributed by atoms with Gasteiger partial charge in [-0.15, -0.1) is 0 Å². The van der Waals surface area contributed by atoms with Crippen molar-refractivity contribution in [2.75, 3.05) is 25.1 Å². The fraction of sp³-hybridized carbons (Fsp3) is 0.538. The Hall–Kier alpha value is -2.02. The van der Waals surface area contributed by atoms with Crippen LogP contribution < -0.4 is 20.5 Å². The third kappa shape index (κ3) is 2.36. The van der Waals surface area contributed by atoms with Gasteiger partial charge in [-0.2, -0.15) is 0 Å². The summed E-state index contributed by atoms with van der Waals surface area (Å²) in [5.74, 6) is 0.948. The van der Waals surface area contributed by atoms with Crippen LogP contribution in [0, 0.1) is 10.1 Å². The van der Waals surface area contributed by atoms with Crippen molar-refractivity contribution in [1.29, 1.82) is 0 Å². The number of nitrogens with two attached hydrogens (primary N) is 1. The first-order chi connectivity index (χ1) is 9.57. The molecule has 0 bridgehead atoms. The average Bonchev–Trinajstić information content (AvgIpc) is 2.42. The van der Waals surface area contributed by atoms with Crippen LogP contribution in [0.5, 0.6) is 11.5 Å². The lowest BCUT2D eigenvalue weighted by Gasteiger charge is -2.38. The first-order valence-corrected chi connectivity index (χ1v) is 6.68. The zero-order chi connectivity index (χ0) is 14.2. The molecule has 0 atom stereocenters. The second-order valence-corrected chi connectivity index (χ2v) is 5.34. The lowest BCUT2D eigenvalue weighted by atomic mass is 9.78. The van der Waals surface area contributed by atoms with Crippen LogP contribution in [0.25, 0.3) is 0 Å². The van der Waals surface area contributed by atoms with Gasteiger partial charge in [-0.05, 0) is 19.3 Å². The van der Waals surface area contributed by atoms with Gasteiger partial charge in [0.05, 0.1) is 11.0 Å². The number of fused-ring (bicyclic) bond motifs is 1. The molecule has 108 valence electrons. The van der Waals surface area contributed by atoms with Gasteiger partial charge in [0.15, 0.2) is 11.5 Å². The van der Waals surface area contributed by atoms with E-state index in [1.807, 2.05) is 0 Å². The van der Waals surface area contributed by atoms with E-state index in [1.165, 1.54) is 6.07 Å². The Balaban J connectivity index is 1.85. The summed E-state index contributed by atoms with van der Waals surface area (Å²) < 4.78 is 10.8. The average molecular weight is 279 g/mol. The highest BCUT2D eigenvalue weighted by atomic mass is 16.6. The predicted octanol–water partition coefficient (Wildman–Crippen LogP) is 1.66. The van der Waals surface area contributed by atoms with Crippen molar-refractivity contribution < 1.29 is 14.4 Å². The van der Waals surface area contributed by atoms with Crippen molar-refractivity contribution in [1.82, 2.24) is 0 Å². The van der Waals surface area contributed by atoms with Crippen LogP contribution in [-0.4, -0.2) is 30.2 Å². The molecule has 1 aromatic carbocycles. The van der Waals surface area contributed by atoms with Gasteiger partial charge in [-0.1, -0.05) is 0 Å². The molecule has 1 aromatic rings. The fourth-order valence-electron chi connectivity index (χ4n) is 2.45. The third-order valence-electron chi connectivity index (χ3n) is 3.84. The lowest BCUT2D eigenvalue weighted by Crippen LogP contribution is -2.52. The smallest absolute Gasteiger partial charge is 0.296 e. The number of rotatable bonds is 4. The third-order valence-corrected chi connectivity index (χ3v) is 3.84. The van der Waals surface area contributed by atoms with E-state index in [2.05, 4.69) is 5.32 Å². The number of nitrogens with zero attached hydrogens (tertiary/aromatic N) is 1. The van der Waals surface area contributed by atoms with Gasteiger partial charge in [-0.3, -0.25) is 10.1 Å². The molecule has 0 radical (unpaired) electrons. The van der Waals surface area contributed by atoms with Crippen molar-refractivity contribution in [2.24, 2.45) is 5.73 Å². The SMILES string of the molecule is NC1(CNc2cc3c(cc2[N+](=O)[O-])OCCO3)CCC1. The summed E-state index contributed by atoms with van der Waals surface area (Å²) in [6.45, 7) is 1.38. The fourth-order valence-corrected chi connectivity index (χ4v) is 2.45. The van der Waals surface area contributed by atoms with Gasteiger partial charge in [0.25, 0.3) is 5.69 Å². The van der Waals surface area contributed by atoms with Crippen LogP contribution >= 0.6 is 0 Å². The molecule has 1 saturated carbocycles. The molecular weight excluding hydrogens is 262 g/mol. The molecule has 0 aromatic heterocycles. The summed E-state index contributed by atoms with van der Waals surface area (Å²) in [4.78, 5) is 10.7. The molecule has 0 saturated heterocycles. The summed E-state index contributed by atoms with van der Waals surface area (Å²) in [5.41, 5.74) is 6.29. The number of benzene rings is 1. The number of nitrogens with one attached hydrogen (secondary N) is 1. The maximum absolute atomic E-state index is 11.2. The van der Waals surface area contributed by atoms with E-state index in [4.69, 9.17) is 15.2 Å². The van der Waals surface area contributed by atoms with E-state index < -0.39 is 4.92 Å². The molecule has 0 spiro atoms. The van der Waals surface area contributed by atoms with Crippen molar-refractivity contribution in [3.63, 3.8) is 0 Å². The monoisotopic (exact) mass is 279 g/mol. The lowest BCUT2D eigenvalue weighted by molar-refractivity contribution is -0.384. The molecule has 1 aliphatic carbocycles. The first kappa shape index (κ1) is 13.0. The molecule has 7 heteroatoms. The summed E-state index contributed by atoms with van der Waals surface area (Å²) >= 11 is 0. The first-order valence-electron chi connectivity index (χ1n) is 6.68. The molecule has 3 rings (SSSR count). The van der Waals surface area contributed by atoms with Crippen molar-refractivity contribution in [2.45, 2.75) is 24.8 Å². The van der Waals surface area contributed by atoms with Gasteiger partial charge >= 0.3 is 0 Å². The molecule has 0 unspecified atom stereocenters. The van der Waals surface area contributed by atoms with Gasteiger partial charge in [0.1, 0.15) is 18.9 Å². The highest BCUT2D eigenvalue weighted by Gasteiger charge is 2.33. The van der Waals surface area contributed by atoms with E-state index in [-0.39, 0.29) is 11.2 Å². The Morgan fingerprint density at radius 3 is 2.50 bits per heavy atom. The topological polar surface area (TPSA) is 99.7 Å². The number of anilines is 1. The zero-order valence-electron chi connectivity index (χ0n) is 11.1. The van der Waals surface area contributed by atoms with E-state index in [1.54, 1.807) is 6.07 Å².